The Morgan fingerprint density at radius 3 is 2.17 bits per heavy atom. The van der Waals surface area contributed by atoms with Crippen LogP contribution in [0.3, 0.4) is 0 Å². The summed E-state index contributed by atoms with van der Waals surface area (Å²) >= 11 is 0. The molecule has 2 heteroatoms. The van der Waals surface area contributed by atoms with E-state index in [0.29, 0.717) is 11.8 Å². The van der Waals surface area contributed by atoms with E-state index < -0.39 is 0 Å². The number of ether oxygens (including phenoxy) is 1. The maximum absolute atomic E-state index is 11.8. The first-order valence-electron chi connectivity index (χ1n) is 7.26. The monoisotopic (exact) mass is 246 g/mol. The fraction of sp³-hybridized carbons (Fsp3) is 0.688. The van der Waals surface area contributed by atoms with Crippen LogP contribution in [-0.4, -0.2) is 12.1 Å². The van der Waals surface area contributed by atoms with E-state index in [1.165, 1.54) is 32.1 Å². The molecule has 98 valence electrons. The molecule has 0 aromatic heterocycles. The number of rotatable bonds is 3. The van der Waals surface area contributed by atoms with Gasteiger partial charge >= 0.3 is 5.97 Å². The third kappa shape index (κ3) is 2.25. The number of allylic oxidation sites excluding steroid dienone is 3. The van der Waals surface area contributed by atoms with Crippen molar-refractivity contribution >= 4 is 5.97 Å². The van der Waals surface area contributed by atoms with Crippen molar-refractivity contribution in [2.45, 2.75) is 45.1 Å². The molecule has 0 heterocycles. The van der Waals surface area contributed by atoms with Gasteiger partial charge < -0.3 is 4.74 Å². The first-order chi connectivity index (χ1) is 8.76. The van der Waals surface area contributed by atoms with E-state index in [0.717, 1.165) is 11.8 Å². The fourth-order valence-corrected chi connectivity index (χ4v) is 4.49. The molecule has 0 N–H and O–H groups in total. The molecule has 0 aromatic rings. The van der Waals surface area contributed by atoms with Crippen molar-refractivity contribution in [2.75, 3.05) is 0 Å². The molecule has 4 aliphatic carbocycles. The Morgan fingerprint density at radius 2 is 1.61 bits per heavy atom. The first kappa shape index (κ1) is 12.0. The Labute approximate surface area is 109 Å². The van der Waals surface area contributed by atoms with Gasteiger partial charge in [0.2, 0.25) is 0 Å². The van der Waals surface area contributed by atoms with E-state index in [1.807, 2.05) is 19.1 Å². The Balaban J connectivity index is 1.61. The number of hydrogen-bond acceptors (Lipinski definition) is 2. The molecule has 0 amide bonds. The SMILES string of the molecule is CC=CC=CC(=O)OC1C2CC3CC(C2)CC1C3. The van der Waals surface area contributed by atoms with E-state index in [-0.39, 0.29) is 12.1 Å². The largest absolute Gasteiger partial charge is 0.459 e. The van der Waals surface area contributed by atoms with E-state index in [9.17, 15) is 4.79 Å². The van der Waals surface area contributed by atoms with Crippen LogP contribution in [0.2, 0.25) is 0 Å². The molecule has 0 unspecified atom stereocenters. The third-order valence-corrected chi connectivity index (χ3v) is 4.93. The van der Waals surface area contributed by atoms with E-state index in [4.69, 9.17) is 4.74 Å². The van der Waals surface area contributed by atoms with Crippen LogP contribution in [0, 0.1) is 23.7 Å². The second-order valence-electron chi connectivity index (χ2n) is 6.22. The lowest BCUT2D eigenvalue weighted by molar-refractivity contribution is -0.165. The van der Waals surface area contributed by atoms with Gasteiger partial charge in [-0.1, -0.05) is 18.2 Å². The first-order valence-corrected chi connectivity index (χ1v) is 7.26. The van der Waals surface area contributed by atoms with Crippen LogP contribution >= 0.6 is 0 Å². The maximum Gasteiger partial charge on any atom is 0.331 e. The number of esters is 1. The van der Waals surface area contributed by atoms with Crippen molar-refractivity contribution in [3.63, 3.8) is 0 Å². The molecule has 0 saturated heterocycles. The molecule has 0 atom stereocenters. The second-order valence-corrected chi connectivity index (χ2v) is 6.22. The Morgan fingerprint density at radius 1 is 1.00 bits per heavy atom. The lowest BCUT2D eigenvalue weighted by Gasteiger charge is -2.53. The second kappa shape index (κ2) is 4.91. The van der Waals surface area contributed by atoms with Crippen molar-refractivity contribution in [1.29, 1.82) is 0 Å². The summed E-state index contributed by atoms with van der Waals surface area (Å²) in [6.45, 7) is 1.94. The van der Waals surface area contributed by atoms with Crippen LogP contribution in [0.5, 0.6) is 0 Å². The standard InChI is InChI=1S/C16H22O2/c1-2-3-4-5-15(17)18-16-13-7-11-6-12(9-13)10-14(16)8-11/h2-5,11-14,16H,6-10H2,1H3. The molecule has 4 aliphatic rings. The normalized spacial score (nSPS) is 41.9. The molecular formula is C16H22O2. The van der Waals surface area contributed by atoms with Gasteiger partial charge in [-0.2, -0.15) is 0 Å². The minimum absolute atomic E-state index is 0.162. The average Bonchev–Trinajstić information content (AvgIpc) is 2.33. The van der Waals surface area contributed by atoms with Gasteiger partial charge in [0.05, 0.1) is 0 Å². The summed E-state index contributed by atoms with van der Waals surface area (Å²) in [5.41, 5.74) is 0. The van der Waals surface area contributed by atoms with Crippen LogP contribution in [0.25, 0.3) is 0 Å². The molecule has 4 rings (SSSR count). The highest BCUT2D eigenvalue weighted by Crippen LogP contribution is 2.54. The van der Waals surface area contributed by atoms with Gasteiger partial charge in [-0.05, 0) is 62.7 Å². The minimum atomic E-state index is -0.162. The summed E-state index contributed by atoms with van der Waals surface area (Å²) in [7, 11) is 0. The van der Waals surface area contributed by atoms with Crippen LogP contribution in [0.1, 0.15) is 39.0 Å². The van der Waals surface area contributed by atoms with E-state index in [1.54, 1.807) is 12.2 Å². The summed E-state index contributed by atoms with van der Waals surface area (Å²) in [6, 6.07) is 0. The van der Waals surface area contributed by atoms with Crippen molar-refractivity contribution in [1.82, 2.24) is 0 Å². The molecule has 0 aromatic carbocycles. The van der Waals surface area contributed by atoms with Gasteiger partial charge in [0.15, 0.2) is 0 Å². The van der Waals surface area contributed by atoms with Gasteiger partial charge in [-0.25, -0.2) is 4.79 Å². The van der Waals surface area contributed by atoms with Crippen LogP contribution in [-0.2, 0) is 9.53 Å². The zero-order valence-electron chi connectivity index (χ0n) is 11.0. The highest BCUT2D eigenvalue weighted by Gasteiger charge is 2.49. The lowest BCUT2D eigenvalue weighted by Crippen LogP contribution is -2.49. The van der Waals surface area contributed by atoms with Crippen LogP contribution in [0.15, 0.2) is 24.3 Å². The van der Waals surface area contributed by atoms with E-state index >= 15 is 0 Å². The van der Waals surface area contributed by atoms with Crippen LogP contribution < -0.4 is 0 Å². The van der Waals surface area contributed by atoms with Crippen molar-refractivity contribution in [3.05, 3.63) is 24.3 Å². The van der Waals surface area contributed by atoms with Gasteiger partial charge in [0.1, 0.15) is 6.10 Å². The zero-order valence-corrected chi connectivity index (χ0v) is 11.0. The summed E-state index contributed by atoms with van der Waals surface area (Å²) < 4.78 is 5.71. The molecule has 4 fully saturated rings. The lowest BCUT2D eigenvalue weighted by atomic mass is 9.55. The number of carbonyl (C=O) groups excluding carboxylic acids is 1. The fourth-order valence-electron chi connectivity index (χ4n) is 4.49. The average molecular weight is 246 g/mol. The zero-order chi connectivity index (χ0) is 12.5. The minimum Gasteiger partial charge on any atom is -0.459 e. The van der Waals surface area contributed by atoms with Crippen molar-refractivity contribution in [3.8, 4) is 0 Å². The Kier molecular flexibility index (Phi) is 3.27. The topological polar surface area (TPSA) is 26.3 Å². The van der Waals surface area contributed by atoms with Gasteiger partial charge in [-0.15, -0.1) is 0 Å². The van der Waals surface area contributed by atoms with Gasteiger partial charge in [0, 0.05) is 6.08 Å². The maximum atomic E-state index is 11.8. The van der Waals surface area contributed by atoms with Crippen molar-refractivity contribution in [2.24, 2.45) is 23.7 Å². The highest BCUT2D eigenvalue weighted by atomic mass is 16.5. The Hall–Kier alpha value is -1.05. The molecule has 4 saturated carbocycles. The quantitative estimate of drug-likeness (QED) is 0.433. The summed E-state index contributed by atoms with van der Waals surface area (Å²) in [5.74, 6) is 3.01. The Bertz CT molecular complexity index is 353. The molecule has 0 radical (unpaired) electrons. The van der Waals surface area contributed by atoms with Gasteiger partial charge in [0.25, 0.3) is 0 Å². The summed E-state index contributed by atoms with van der Waals surface area (Å²) in [5, 5.41) is 0. The summed E-state index contributed by atoms with van der Waals surface area (Å²) in [4.78, 5) is 11.8. The predicted molar refractivity (Wildman–Crippen MR) is 70.9 cm³/mol. The van der Waals surface area contributed by atoms with Gasteiger partial charge in [-0.3, -0.25) is 0 Å². The predicted octanol–water partition coefficient (Wildman–Crippen LogP) is 3.49. The molecule has 18 heavy (non-hydrogen) atoms. The summed E-state index contributed by atoms with van der Waals surface area (Å²) in [6.07, 6.45) is 13.9. The molecular weight excluding hydrogens is 224 g/mol. The molecule has 2 nitrogen and oxygen atoms in total. The number of hydrogen-bond donors (Lipinski definition) is 0. The third-order valence-electron chi connectivity index (χ3n) is 4.93. The van der Waals surface area contributed by atoms with Crippen LogP contribution in [0.4, 0.5) is 0 Å². The highest BCUT2D eigenvalue weighted by molar-refractivity contribution is 5.82. The number of carbonyl (C=O) groups is 1. The van der Waals surface area contributed by atoms with E-state index in [2.05, 4.69) is 0 Å². The smallest absolute Gasteiger partial charge is 0.331 e. The molecule has 0 spiro atoms. The molecule has 0 aliphatic heterocycles. The van der Waals surface area contributed by atoms with Crippen molar-refractivity contribution < 1.29 is 9.53 Å². The molecule has 4 bridgehead atoms.